The highest BCUT2D eigenvalue weighted by Crippen LogP contribution is 2.23. The minimum absolute atomic E-state index is 0.0304. The molecule has 6 nitrogen and oxygen atoms in total. The first kappa shape index (κ1) is 16.3. The minimum atomic E-state index is 0.0304. The first-order chi connectivity index (χ1) is 9.97. The molecule has 2 heterocycles. The van der Waals surface area contributed by atoms with Crippen molar-refractivity contribution in [1.29, 1.82) is 0 Å². The van der Waals surface area contributed by atoms with Crippen molar-refractivity contribution in [3.63, 3.8) is 0 Å². The number of carbonyl (C=O) groups excluding carboxylic acids is 1. The molecule has 114 valence electrons. The van der Waals surface area contributed by atoms with Crippen molar-refractivity contribution in [2.75, 3.05) is 12.8 Å². The van der Waals surface area contributed by atoms with E-state index in [2.05, 4.69) is 15.5 Å². The van der Waals surface area contributed by atoms with Gasteiger partial charge in [-0.15, -0.1) is 16.4 Å². The van der Waals surface area contributed by atoms with Crippen molar-refractivity contribution in [3.8, 4) is 0 Å². The maximum absolute atomic E-state index is 12.1. The fraction of sp³-hybridized carbons (Fsp3) is 0.500. The summed E-state index contributed by atoms with van der Waals surface area (Å²) in [6, 6.07) is 3.94. The third-order valence-corrected chi connectivity index (χ3v) is 4.86. The Morgan fingerprint density at radius 2 is 2.29 bits per heavy atom. The number of hydrogen-bond acceptors (Lipinski definition) is 6. The van der Waals surface area contributed by atoms with Gasteiger partial charge in [-0.3, -0.25) is 4.79 Å². The summed E-state index contributed by atoms with van der Waals surface area (Å²) in [5.41, 5.74) is 0. The Morgan fingerprint density at radius 1 is 1.52 bits per heavy atom. The fourth-order valence-corrected chi connectivity index (χ4v) is 3.69. The lowest BCUT2D eigenvalue weighted by molar-refractivity contribution is -0.127. The molecule has 0 aliphatic heterocycles. The maximum atomic E-state index is 12.1. The van der Waals surface area contributed by atoms with Crippen LogP contribution >= 0.6 is 34.7 Å². The van der Waals surface area contributed by atoms with Crippen molar-refractivity contribution in [1.82, 2.24) is 25.1 Å². The Morgan fingerprint density at radius 3 is 2.90 bits per heavy atom. The van der Waals surface area contributed by atoms with Crippen LogP contribution in [0.15, 0.2) is 17.3 Å². The van der Waals surface area contributed by atoms with E-state index >= 15 is 0 Å². The Kier molecular flexibility index (Phi) is 5.60. The second-order valence-corrected chi connectivity index (χ2v) is 7.49. The minimum Gasteiger partial charge on any atom is -0.340 e. The number of halogens is 1. The first-order valence-electron chi connectivity index (χ1n) is 6.36. The molecule has 2 aromatic heterocycles. The van der Waals surface area contributed by atoms with Gasteiger partial charge in [0.05, 0.1) is 22.7 Å². The molecule has 2 aromatic rings. The van der Waals surface area contributed by atoms with Crippen LogP contribution in [-0.4, -0.2) is 43.8 Å². The molecule has 2 rings (SSSR count). The van der Waals surface area contributed by atoms with Crippen molar-refractivity contribution in [2.45, 2.75) is 31.6 Å². The summed E-state index contributed by atoms with van der Waals surface area (Å²) in [6.07, 6.45) is 0. The van der Waals surface area contributed by atoms with Crippen molar-refractivity contribution < 1.29 is 4.79 Å². The van der Waals surface area contributed by atoms with Gasteiger partial charge in [0.2, 0.25) is 11.1 Å². The molecule has 1 amide bonds. The number of carbonyl (C=O) groups is 1. The van der Waals surface area contributed by atoms with Crippen molar-refractivity contribution in [2.24, 2.45) is 0 Å². The number of thioether (sulfide) groups is 1. The molecule has 0 aliphatic rings. The topological polar surface area (TPSA) is 63.9 Å². The molecule has 0 aromatic carbocycles. The lowest BCUT2D eigenvalue weighted by atomic mass is 10.4. The Hall–Kier alpha value is -1.12. The van der Waals surface area contributed by atoms with E-state index < -0.39 is 0 Å². The summed E-state index contributed by atoms with van der Waals surface area (Å²) >= 11 is 8.72. The van der Waals surface area contributed by atoms with Gasteiger partial charge in [0.1, 0.15) is 0 Å². The predicted molar refractivity (Wildman–Crippen MR) is 84.7 cm³/mol. The van der Waals surface area contributed by atoms with Gasteiger partial charge < -0.3 is 4.90 Å². The van der Waals surface area contributed by atoms with Crippen LogP contribution in [0, 0.1) is 0 Å². The van der Waals surface area contributed by atoms with E-state index in [0.29, 0.717) is 17.5 Å². The van der Waals surface area contributed by atoms with Gasteiger partial charge in [0.15, 0.2) is 0 Å². The maximum Gasteiger partial charge on any atom is 0.233 e. The molecule has 0 atom stereocenters. The smallest absolute Gasteiger partial charge is 0.233 e. The zero-order chi connectivity index (χ0) is 15.4. The number of thiophene rings is 1. The molecule has 0 bridgehead atoms. The Balaban J connectivity index is 1.87. The van der Waals surface area contributed by atoms with E-state index in [4.69, 9.17) is 11.6 Å². The van der Waals surface area contributed by atoms with Gasteiger partial charge in [0, 0.05) is 11.9 Å². The highest BCUT2D eigenvalue weighted by atomic mass is 35.5. The van der Waals surface area contributed by atoms with Crippen LogP contribution in [0.1, 0.15) is 24.8 Å². The number of rotatable bonds is 6. The zero-order valence-electron chi connectivity index (χ0n) is 12.0. The van der Waals surface area contributed by atoms with Gasteiger partial charge in [-0.25, -0.2) is 4.68 Å². The second-order valence-electron chi connectivity index (χ2n) is 4.74. The van der Waals surface area contributed by atoms with Crippen molar-refractivity contribution in [3.05, 3.63) is 21.3 Å². The molecule has 21 heavy (non-hydrogen) atoms. The van der Waals surface area contributed by atoms with Crippen LogP contribution in [0.25, 0.3) is 0 Å². The van der Waals surface area contributed by atoms with E-state index in [9.17, 15) is 4.79 Å². The predicted octanol–water partition coefficient (Wildman–Crippen LogP) is 2.72. The zero-order valence-corrected chi connectivity index (χ0v) is 14.4. The second kappa shape index (κ2) is 7.24. The lowest BCUT2D eigenvalue weighted by Crippen LogP contribution is -2.27. The lowest BCUT2D eigenvalue weighted by Gasteiger charge is -2.16. The largest absolute Gasteiger partial charge is 0.340 e. The monoisotopic (exact) mass is 345 g/mol. The summed E-state index contributed by atoms with van der Waals surface area (Å²) in [6.45, 7) is 4.55. The highest BCUT2D eigenvalue weighted by molar-refractivity contribution is 7.99. The number of amides is 1. The molecular weight excluding hydrogens is 330 g/mol. The fourth-order valence-electron chi connectivity index (χ4n) is 1.60. The molecule has 9 heteroatoms. The summed E-state index contributed by atoms with van der Waals surface area (Å²) in [5, 5.41) is 12.1. The van der Waals surface area contributed by atoms with Gasteiger partial charge in [-0.2, -0.15) is 0 Å². The molecule has 0 saturated heterocycles. The van der Waals surface area contributed by atoms with E-state index in [1.54, 1.807) is 16.6 Å². The summed E-state index contributed by atoms with van der Waals surface area (Å²) < 4.78 is 2.44. The van der Waals surface area contributed by atoms with Crippen LogP contribution in [0.5, 0.6) is 0 Å². The van der Waals surface area contributed by atoms with Gasteiger partial charge in [0.25, 0.3) is 0 Å². The summed E-state index contributed by atoms with van der Waals surface area (Å²) in [4.78, 5) is 14.9. The molecule has 0 N–H and O–H groups in total. The van der Waals surface area contributed by atoms with Gasteiger partial charge in [-0.05, 0) is 36.4 Å². The quantitative estimate of drug-likeness (QED) is 0.753. The number of aromatic nitrogens is 4. The third-order valence-electron chi connectivity index (χ3n) is 2.72. The molecule has 0 spiro atoms. The molecule has 0 fully saturated rings. The van der Waals surface area contributed by atoms with E-state index in [1.165, 1.54) is 23.1 Å². The molecule has 0 aliphatic carbocycles. The standard InChI is InChI=1S/C12H16ClN5OS2/c1-8(2)18-12(14-15-16-18)20-7-11(19)17(3)6-9-4-5-10(13)21-9/h4-5,8H,6-7H2,1-3H3. The Labute approximate surface area is 136 Å². The van der Waals surface area contributed by atoms with Crippen LogP contribution in [0.3, 0.4) is 0 Å². The summed E-state index contributed by atoms with van der Waals surface area (Å²) in [5.74, 6) is 0.339. The summed E-state index contributed by atoms with van der Waals surface area (Å²) in [7, 11) is 1.78. The first-order valence-corrected chi connectivity index (χ1v) is 8.54. The molecule has 0 unspecified atom stereocenters. The molecule has 0 saturated carbocycles. The van der Waals surface area contributed by atoms with E-state index in [1.807, 2.05) is 26.0 Å². The normalized spacial score (nSPS) is 11.1. The highest BCUT2D eigenvalue weighted by Gasteiger charge is 2.15. The SMILES string of the molecule is CC(C)n1nnnc1SCC(=O)N(C)Cc1ccc(Cl)s1. The van der Waals surface area contributed by atoms with Crippen LogP contribution in [0.4, 0.5) is 0 Å². The van der Waals surface area contributed by atoms with Crippen LogP contribution in [0.2, 0.25) is 4.34 Å². The molecule has 0 radical (unpaired) electrons. The van der Waals surface area contributed by atoms with Crippen LogP contribution in [-0.2, 0) is 11.3 Å². The van der Waals surface area contributed by atoms with Gasteiger partial charge in [-0.1, -0.05) is 23.4 Å². The average Bonchev–Trinajstić information content (AvgIpc) is 3.04. The van der Waals surface area contributed by atoms with Gasteiger partial charge >= 0.3 is 0 Å². The average molecular weight is 346 g/mol. The Bertz CT molecular complexity index is 612. The third kappa shape index (κ3) is 4.42. The number of nitrogens with zero attached hydrogens (tertiary/aromatic N) is 5. The molecular formula is C12H16ClN5OS2. The number of hydrogen-bond donors (Lipinski definition) is 0. The van der Waals surface area contributed by atoms with E-state index in [-0.39, 0.29) is 11.9 Å². The van der Waals surface area contributed by atoms with E-state index in [0.717, 1.165) is 9.21 Å². The van der Waals surface area contributed by atoms with Crippen molar-refractivity contribution >= 4 is 40.6 Å². The number of tetrazole rings is 1. The van der Waals surface area contributed by atoms with Crippen LogP contribution < -0.4 is 0 Å².